The molecule has 7 nitrogen and oxygen atoms in total. The molecule has 0 aliphatic carbocycles. The number of nitrogens with zero attached hydrogens (tertiary/aromatic N) is 2. The average Bonchev–Trinajstić information content (AvgIpc) is 3.06. The minimum absolute atomic E-state index is 0.0366. The molecule has 0 aromatic carbocycles. The Morgan fingerprint density at radius 2 is 2.04 bits per heavy atom. The van der Waals surface area contributed by atoms with Gasteiger partial charge in [-0.3, -0.25) is 0 Å². The number of thiazole rings is 1. The molecule has 0 atom stereocenters. The Morgan fingerprint density at radius 3 is 2.56 bits per heavy atom. The van der Waals surface area contributed by atoms with Gasteiger partial charge in [-0.25, -0.2) is 18.4 Å². The molecule has 2 heterocycles. The maximum Gasteiger partial charge on any atom is 0.434 e. The Balaban J connectivity index is 2.07. The average molecular weight is 429 g/mol. The van der Waals surface area contributed by atoms with Gasteiger partial charge in [-0.15, -0.1) is 11.3 Å². The number of sulfone groups is 1. The molecule has 2 rings (SSSR count). The highest BCUT2D eigenvalue weighted by Crippen LogP contribution is 2.30. The summed E-state index contributed by atoms with van der Waals surface area (Å²) in [6.45, 7) is 3.19. The van der Waals surface area contributed by atoms with E-state index in [9.17, 15) is 21.6 Å². The van der Waals surface area contributed by atoms with Gasteiger partial charge in [0.25, 0.3) is 0 Å². The number of nitrogens with one attached hydrogen (secondary N) is 2. The number of aromatic nitrogens is 1. The van der Waals surface area contributed by atoms with Crippen molar-refractivity contribution in [1.82, 2.24) is 15.6 Å². The fraction of sp³-hybridized carbons (Fsp3) is 0.733. The molecule has 1 aromatic rings. The third-order valence-corrected chi connectivity index (χ3v) is 7.29. The highest BCUT2D eigenvalue weighted by molar-refractivity contribution is 7.92. The van der Waals surface area contributed by atoms with Gasteiger partial charge in [-0.2, -0.15) is 13.2 Å². The summed E-state index contributed by atoms with van der Waals surface area (Å²) in [6.07, 6.45) is -2.52. The van der Waals surface area contributed by atoms with E-state index < -0.39 is 26.5 Å². The number of hydrogen-bond donors (Lipinski definition) is 2. The smallest absolute Gasteiger partial charge is 0.381 e. The molecule has 0 bridgehead atoms. The molecule has 0 amide bonds. The molecule has 12 heteroatoms. The highest BCUT2D eigenvalue weighted by Gasteiger charge is 2.42. The fourth-order valence-corrected chi connectivity index (χ4v) is 4.64. The van der Waals surface area contributed by atoms with E-state index in [1.54, 1.807) is 0 Å². The summed E-state index contributed by atoms with van der Waals surface area (Å²) in [5.74, 6) is 0.329. The summed E-state index contributed by atoms with van der Waals surface area (Å²) in [4.78, 5) is 7.76. The molecule has 2 N–H and O–H groups in total. The van der Waals surface area contributed by atoms with Crippen LogP contribution >= 0.6 is 11.3 Å². The summed E-state index contributed by atoms with van der Waals surface area (Å²) >= 11 is 0.880. The summed E-state index contributed by atoms with van der Waals surface area (Å²) in [6, 6.07) is 0. The second-order valence-electron chi connectivity index (χ2n) is 6.24. The van der Waals surface area contributed by atoms with Crippen LogP contribution in [0.5, 0.6) is 0 Å². The van der Waals surface area contributed by atoms with Crippen molar-refractivity contribution in [1.29, 1.82) is 0 Å². The first-order chi connectivity index (χ1) is 12.6. The lowest BCUT2D eigenvalue weighted by Crippen LogP contribution is -2.53. The Bertz CT molecular complexity index is 757. The van der Waals surface area contributed by atoms with Crippen molar-refractivity contribution < 1.29 is 26.3 Å². The summed E-state index contributed by atoms with van der Waals surface area (Å²) in [5, 5.41) is 7.15. The van der Waals surface area contributed by atoms with E-state index in [0.29, 0.717) is 38.6 Å². The lowest BCUT2D eigenvalue weighted by Gasteiger charge is -2.35. The molecule has 0 radical (unpaired) electrons. The lowest BCUT2D eigenvalue weighted by molar-refractivity contribution is -0.140. The lowest BCUT2D eigenvalue weighted by atomic mass is 9.99. The molecular weight excluding hydrogens is 405 g/mol. The summed E-state index contributed by atoms with van der Waals surface area (Å²) < 4.78 is 66.7. The molecule has 1 saturated heterocycles. The number of hydrogen-bond acceptors (Lipinski definition) is 6. The van der Waals surface area contributed by atoms with Gasteiger partial charge in [0, 0.05) is 37.9 Å². The monoisotopic (exact) mass is 428 g/mol. The largest absolute Gasteiger partial charge is 0.434 e. The van der Waals surface area contributed by atoms with Gasteiger partial charge in [0.2, 0.25) is 0 Å². The van der Waals surface area contributed by atoms with Gasteiger partial charge in [0.05, 0.1) is 11.3 Å². The van der Waals surface area contributed by atoms with Crippen molar-refractivity contribution in [3.8, 4) is 0 Å². The molecule has 154 valence electrons. The predicted molar refractivity (Wildman–Crippen MR) is 97.6 cm³/mol. The molecule has 27 heavy (non-hydrogen) atoms. The van der Waals surface area contributed by atoms with Gasteiger partial charge < -0.3 is 15.4 Å². The molecule has 1 fully saturated rings. The van der Waals surface area contributed by atoms with E-state index in [-0.39, 0.29) is 18.1 Å². The van der Waals surface area contributed by atoms with Crippen molar-refractivity contribution in [3.63, 3.8) is 0 Å². The first-order valence-electron chi connectivity index (χ1n) is 8.38. The zero-order valence-corrected chi connectivity index (χ0v) is 16.7. The molecule has 1 aliphatic rings. The van der Waals surface area contributed by atoms with Crippen LogP contribution in [0.4, 0.5) is 13.2 Å². The van der Waals surface area contributed by atoms with Crippen LogP contribution in [0.3, 0.4) is 0 Å². The third-order valence-electron chi connectivity index (χ3n) is 4.33. The molecular formula is C15H23F3N4O3S2. The van der Waals surface area contributed by atoms with Crippen LogP contribution in [-0.4, -0.2) is 56.7 Å². The number of aliphatic imine (C=N–C) groups is 1. The van der Waals surface area contributed by atoms with E-state index in [2.05, 4.69) is 20.6 Å². The van der Waals surface area contributed by atoms with E-state index in [0.717, 1.165) is 16.7 Å². The van der Waals surface area contributed by atoms with Crippen LogP contribution in [0.1, 0.15) is 30.5 Å². The van der Waals surface area contributed by atoms with E-state index >= 15 is 0 Å². The highest BCUT2D eigenvalue weighted by atomic mass is 32.2. The maximum absolute atomic E-state index is 12.6. The van der Waals surface area contributed by atoms with Crippen molar-refractivity contribution in [2.24, 2.45) is 4.99 Å². The minimum Gasteiger partial charge on any atom is -0.381 e. The zero-order chi connectivity index (χ0) is 20.1. The number of rotatable bonds is 6. The van der Waals surface area contributed by atoms with Crippen molar-refractivity contribution in [2.45, 2.75) is 37.2 Å². The molecule has 0 saturated carbocycles. The van der Waals surface area contributed by atoms with Gasteiger partial charge >= 0.3 is 6.18 Å². The molecule has 1 aromatic heterocycles. The van der Waals surface area contributed by atoms with Crippen LogP contribution in [0, 0.1) is 0 Å². The molecule has 0 unspecified atom stereocenters. The third kappa shape index (κ3) is 5.79. The first kappa shape index (κ1) is 21.9. The first-order valence-corrected chi connectivity index (χ1v) is 11.2. The van der Waals surface area contributed by atoms with Crippen LogP contribution < -0.4 is 10.6 Å². The quantitative estimate of drug-likeness (QED) is 0.530. The van der Waals surface area contributed by atoms with Crippen LogP contribution in [0.2, 0.25) is 0 Å². The Kier molecular flexibility index (Phi) is 7.09. The van der Waals surface area contributed by atoms with Gasteiger partial charge in [-0.05, 0) is 19.8 Å². The summed E-state index contributed by atoms with van der Waals surface area (Å²) in [7, 11) is -3.34. The normalized spacial score (nSPS) is 18.3. The Labute approximate surface area is 160 Å². The zero-order valence-electron chi connectivity index (χ0n) is 15.1. The van der Waals surface area contributed by atoms with Gasteiger partial charge in [-0.1, -0.05) is 0 Å². The van der Waals surface area contributed by atoms with Crippen molar-refractivity contribution >= 4 is 27.1 Å². The summed E-state index contributed by atoms with van der Waals surface area (Å²) in [5.41, 5.74) is -0.936. The fourth-order valence-electron chi connectivity index (χ4n) is 2.67. The Hall–Kier alpha value is -1.40. The van der Waals surface area contributed by atoms with Gasteiger partial charge in [0.15, 0.2) is 21.5 Å². The predicted octanol–water partition coefficient (Wildman–Crippen LogP) is 1.81. The van der Waals surface area contributed by atoms with Gasteiger partial charge in [0.1, 0.15) is 5.01 Å². The number of ether oxygens (including phenoxy) is 1. The van der Waals surface area contributed by atoms with Crippen LogP contribution in [0.15, 0.2) is 10.4 Å². The van der Waals surface area contributed by atoms with E-state index in [4.69, 9.17) is 4.74 Å². The second kappa shape index (κ2) is 8.74. The number of halogens is 3. The minimum atomic E-state index is -4.48. The van der Waals surface area contributed by atoms with E-state index in [1.165, 1.54) is 6.26 Å². The standard InChI is InChI=1S/C15H23F3N4O3S2/c1-3-19-13(20-8-12-22-11(9-26-12)15(16,17)18)21-10-14(27(2,23)24)4-6-25-7-5-14/h9H,3-8,10H2,1-2H3,(H2,19,20,21). The maximum atomic E-state index is 12.6. The molecule has 0 spiro atoms. The molecule has 1 aliphatic heterocycles. The number of alkyl halides is 3. The topological polar surface area (TPSA) is 92.7 Å². The van der Waals surface area contributed by atoms with Crippen molar-refractivity contribution in [2.75, 3.05) is 32.6 Å². The number of guanidine groups is 1. The van der Waals surface area contributed by atoms with E-state index in [1.807, 2.05) is 6.92 Å². The Morgan fingerprint density at radius 1 is 1.37 bits per heavy atom. The van der Waals surface area contributed by atoms with Crippen molar-refractivity contribution in [3.05, 3.63) is 16.1 Å². The second-order valence-corrected chi connectivity index (χ2v) is 9.59. The van der Waals surface area contributed by atoms with Crippen LogP contribution in [-0.2, 0) is 27.3 Å². The van der Waals surface area contributed by atoms with Crippen LogP contribution in [0.25, 0.3) is 0 Å². The SMILES string of the molecule is CCNC(=NCc1nc(C(F)(F)F)cs1)NCC1(S(C)(=O)=O)CCOCC1.